The average Bonchev–Trinajstić information content (AvgIpc) is 3.05. The maximum absolute atomic E-state index is 14.3. The molecular weight excluding hydrogens is 760 g/mol. The van der Waals surface area contributed by atoms with E-state index in [0.29, 0.717) is 12.1 Å². The first-order valence-corrected chi connectivity index (χ1v) is 17.5. The summed E-state index contributed by atoms with van der Waals surface area (Å²) in [6.07, 6.45) is -5.07. The second-order valence-electron chi connectivity index (χ2n) is 10.7. The summed E-state index contributed by atoms with van der Waals surface area (Å²) in [4.78, 5) is 22.6. The molecule has 5 N–H and O–H groups in total. The van der Waals surface area contributed by atoms with Gasteiger partial charge in [0.2, 0.25) is 0 Å². The Morgan fingerprint density at radius 1 is 0.731 bits per heavy atom. The highest BCUT2D eigenvalue weighted by molar-refractivity contribution is 7.93. The second-order valence-corrected chi connectivity index (χ2v) is 14.4. The standard InChI is InChI=1S/C33H21ClF4N2O10S2/c34-25-5-3-7-29(30(25)35)52(48,49)40-20-9-11-24(27(42)16-20)32(45)50-28-6-2-1-4-22(28)17-12-18(33(36,37)38)14-21(13-17)51(46,47)39-19-8-10-23(31(43)44)26(41)15-19/h1-16,39-42H,(H,43,44). The zero-order valence-corrected chi connectivity index (χ0v) is 28.0. The molecule has 0 radical (unpaired) electrons. The molecule has 0 spiro atoms. The van der Waals surface area contributed by atoms with E-state index >= 15 is 0 Å². The lowest BCUT2D eigenvalue weighted by atomic mass is 10.0. The summed E-state index contributed by atoms with van der Waals surface area (Å²) in [5, 5.41) is 29.1. The predicted molar refractivity (Wildman–Crippen MR) is 178 cm³/mol. The van der Waals surface area contributed by atoms with Crippen LogP contribution in [0.5, 0.6) is 17.2 Å². The van der Waals surface area contributed by atoms with E-state index in [1.807, 2.05) is 9.44 Å². The monoisotopic (exact) mass is 780 g/mol. The second kappa shape index (κ2) is 14.0. The molecule has 52 heavy (non-hydrogen) atoms. The minimum Gasteiger partial charge on any atom is -0.507 e. The fourth-order valence-electron chi connectivity index (χ4n) is 4.68. The number of para-hydroxylation sites is 1. The molecule has 0 aliphatic carbocycles. The quantitative estimate of drug-likeness (QED) is 0.0554. The van der Waals surface area contributed by atoms with E-state index in [1.54, 1.807) is 0 Å². The first kappa shape index (κ1) is 37.4. The van der Waals surface area contributed by atoms with Gasteiger partial charge in [-0.15, -0.1) is 0 Å². The number of nitrogens with one attached hydrogen (secondary N) is 2. The zero-order valence-electron chi connectivity index (χ0n) is 25.6. The number of hydrogen-bond donors (Lipinski definition) is 5. The maximum atomic E-state index is 14.3. The van der Waals surface area contributed by atoms with Crippen molar-refractivity contribution in [2.24, 2.45) is 0 Å². The van der Waals surface area contributed by atoms with Crippen molar-refractivity contribution in [2.45, 2.75) is 16.0 Å². The highest BCUT2D eigenvalue weighted by atomic mass is 35.5. The van der Waals surface area contributed by atoms with E-state index in [1.165, 1.54) is 30.3 Å². The normalized spacial score (nSPS) is 11.9. The number of carbonyl (C=O) groups is 2. The number of benzene rings is 5. The molecule has 19 heteroatoms. The van der Waals surface area contributed by atoms with Gasteiger partial charge < -0.3 is 20.1 Å². The fraction of sp³-hybridized carbons (Fsp3) is 0.0303. The Balaban J connectivity index is 1.45. The molecule has 0 saturated heterocycles. The van der Waals surface area contributed by atoms with Crippen molar-refractivity contribution < 1.29 is 64.0 Å². The molecule has 0 amide bonds. The summed E-state index contributed by atoms with van der Waals surface area (Å²) in [6, 6.07) is 15.5. The number of aromatic carboxylic acids is 1. The number of anilines is 2. The van der Waals surface area contributed by atoms with Gasteiger partial charge in [0.15, 0.2) is 5.82 Å². The van der Waals surface area contributed by atoms with Crippen LogP contribution < -0.4 is 14.2 Å². The number of phenolic OH excluding ortho intramolecular Hbond substituents is 1. The lowest BCUT2D eigenvalue weighted by Crippen LogP contribution is -2.16. The van der Waals surface area contributed by atoms with Crippen molar-refractivity contribution in [1.29, 1.82) is 0 Å². The Hall–Kier alpha value is -5.85. The first-order chi connectivity index (χ1) is 24.3. The number of hydrogen-bond acceptors (Lipinski definition) is 9. The van der Waals surface area contributed by atoms with Gasteiger partial charge in [0, 0.05) is 17.7 Å². The number of carboxylic acids is 1. The van der Waals surface area contributed by atoms with Crippen molar-refractivity contribution in [3.8, 4) is 28.4 Å². The third-order valence-electron chi connectivity index (χ3n) is 7.10. The maximum Gasteiger partial charge on any atom is 0.416 e. The van der Waals surface area contributed by atoms with Crippen LogP contribution in [0.15, 0.2) is 107 Å². The van der Waals surface area contributed by atoms with E-state index in [4.69, 9.17) is 21.4 Å². The SMILES string of the molecule is O=C(O)c1ccc(NS(=O)(=O)c2cc(-c3ccccc3OC(=O)c3ccc(NS(=O)(=O)c4cccc(Cl)c4F)cc3O)cc(C(F)(F)F)c2)cc1O. The summed E-state index contributed by atoms with van der Waals surface area (Å²) in [5.41, 5.74) is -3.75. The number of esters is 1. The summed E-state index contributed by atoms with van der Waals surface area (Å²) < 4.78 is 118. The van der Waals surface area contributed by atoms with Gasteiger partial charge in [-0.25, -0.2) is 30.8 Å². The molecule has 270 valence electrons. The molecule has 0 heterocycles. The van der Waals surface area contributed by atoms with Crippen LogP contribution in [0.2, 0.25) is 5.02 Å². The minimum atomic E-state index is -5.07. The molecule has 5 aromatic rings. The van der Waals surface area contributed by atoms with Crippen molar-refractivity contribution >= 4 is 55.0 Å². The number of phenols is 2. The van der Waals surface area contributed by atoms with E-state index in [9.17, 15) is 54.2 Å². The van der Waals surface area contributed by atoms with Gasteiger partial charge in [-0.3, -0.25) is 9.44 Å². The van der Waals surface area contributed by atoms with E-state index in [0.717, 1.165) is 54.6 Å². The fourth-order valence-corrected chi connectivity index (χ4v) is 7.18. The van der Waals surface area contributed by atoms with Crippen LogP contribution in [-0.4, -0.2) is 44.1 Å². The third kappa shape index (κ3) is 8.03. The molecule has 0 unspecified atom stereocenters. The Bertz CT molecular complexity index is 2480. The van der Waals surface area contributed by atoms with Crippen molar-refractivity contribution in [3.05, 3.63) is 125 Å². The Kier molecular flexibility index (Phi) is 10.1. The van der Waals surface area contributed by atoms with Gasteiger partial charge >= 0.3 is 18.1 Å². The molecule has 0 atom stereocenters. The number of sulfonamides is 2. The topological polar surface area (TPSA) is 196 Å². The smallest absolute Gasteiger partial charge is 0.416 e. The molecule has 0 bridgehead atoms. The van der Waals surface area contributed by atoms with Crippen molar-refractivity contribution in [1.82, 2.24) is 0 Å². The summed E-state index contributed by atoms with van der Waals surface area (Å²) in [7, 11) is -9.38. The minimum absolute atomic E-state index is 0.200. The molecule has 0 aromatic heterocycles. The molecule has 0 fully saturated rings. The predicted octanol–water partition coefficient (Wildman–Crippen LogP) is 7.10. The number of carbonyl (C=O) groups excluding carboxylic acids is 1. The molecular formula is C33H21ClF4N2O10S2. The van der Waals surface area contributed by atoms with Gasteiger partial charge in [0.25, 0.3) is 20.0 Å². The van der Waals surface area contributed by atoms with Crippen LogP contribution in [0, 0.1) is 5.82 Å². The Labute approximate surface area is 296 Å². The first-order valence-electron chi connectivity index (χ1n) is 14.2. The number of alkyl halides is 3. The third-order valence-corrected chi connectivity index (χ3v) is 10.2. The lowest BCUT2D eigenvalue weighted by Gasteiger charge is -2.16. The van der Waals surface area contributed by atoms with Crippen LogP contribution in [0.4, 0.5) is 28.9 Å². The summed E-state index contributed by atoms with van der Waals surface area (Å²) in [5.74, 6) is -6.01. The van der Waals surface area contributed by atoms with Crippen LogP contribution in [0.3, 0.4) is 0 Å². The van der Waals surface area contributed by atoms with E-state index in [2.05, 4.69) is 0 Å². The van der Waals surface area contributed by atoms with Crippen LogP contribution in [-0.2, 0) is 26.2 Å². The molecule has 12 nitrogen and oxygen atoms in total. The summed E-state index contributed by atoms with van der Waals surface area (Å²) in [6.45, 7) is 0. The highest BCUT2D eigenvalue weighted by Gasteiger charge is 2.33. The molecule has 5 rings (SSSR count). The van der Waals surface area contributed by atoms with Crippen molar-refractivity contribution in [3.63, 3.8) is 0 Å². The number of aromatic hydroxyl groups is 2. The van der Waals surface area contributed by atoms with Gasteiger partial charge in [-0.1, -0.05) is 35.9 Å². The van der Waals surface area contributed by atoms with E-state index < -0.39 is 87.0 Å². The summed E-state index contributed by atoms with van der Waals surface area (Å²) >= 11 is 5.66. The number of halogens is 5. The van der Waals surface area contributed by atoms with E-state index in [-0.39, 0.29) is 28.3 Å². The Morgan fingerprint density at radius 3 is 1.92 bits per heavy atom. The molecule has 5 aromatic carbocycles. The van der Waals surface area contributed by atoms with Crippen LogP contribution in [0.25, 0.3) is 11.1 Å². The lowest BCUT2D eigenvalue weighted by molar-refractivity contribution is -0.137. The van der Waals surface area contributed by atoms with Crippen LogP contribution >= 0.6 is 11.6 Å². The highest BCUT2D eigenvalue weighted by Crippen LogP contribution is 2.39. The molecule has 0 aliphatic heterocycles. The zero-order chi connectivity index (χ0) is 38.2. The average molecular weight is 781 g/mol. The number of carboxylic acid groups (broad SMARTS) is 1. The van der Waals surface area contributed by atoms with Gasteiger partial charge in [-0.05, 0) is 66.2 Å². The van der Waals surface area contributed by atoms with Gasteiger partial charge in [0.05, 0.1) is 26.9 Å². The van der Waals surface area contributed by atoms with Crippen LogP contribution in [0.1, 0.15) is 26.3 Å². The molecule has 0 saturated carbocycles. The number of rotatable bonds is 10. The van der Waals surface area contributed by atoms with Gasteiger partial charge in [-0.2, -0.15) is 13.2 Å². The largest absolute Gasteiger partial charge is 0.507 e. The van der Waals surface area contributed by atoms with Gasteiger partial charge in [0.1, 0.15) is 33.3 Å². The van der Waals surface area contributed by atoms with Crippen molar-refractivity contribution in [2.75, 3.05) is 9.44 Å². The number of ether oxygens (including phenoxy) is 1. The Morgan fingerprint density at radius 2 is 1.33 bits per heavy atom. The molecule has 0 aliphatic rings.